The van der Waals surface area contributed by atoms with Crippen LogP contribution in [0.4, 0.5) is 0 Å². The van der Waals surface area contributed by atoms with Crippen molar-refractivity contribution in [2.45, 2.75) is 437 Å². The fourth-order valence-electron chi connectivity index (χ4n) is 11.8. The number of hydrogen-bond donors (Lipinski definition) is 3. The molecule has 0 spiro atoms. The lowest BCUT2D eigenvalue weighted by Gasteiger charge is -2.22. The Morgan fingerprint density at radius 2 is 0.432 bits per heavy atom. The third-order valence-electron chi connectivity index (χ3n) is 17.1. The van der Waals surface area contributed by atoms with E-state index in [1.165, 1.54) is 372 Å². The van der Waals surface area contributed by atoms with Crippen LogP contribution in [0.15, 0.2) is 0 Å². The van der Waals surface area contributed by atoms with Crippen molar-refractivity contribution in [2.75, 3.05) is 6.61 Å². The van der Waals surface area contributed by atoms with E-state index in [0.717, 1.165) is 25.7 Å². The van der Waals surface area contributed by atoms with Crippen molar-refractivity contribution in [3.8, 4) is 0 Å². The third kappa shape index (κ3) is 62.2. The molecule has 0 aromatic rings. The first-order valence-electron chi connectivity index (χ1n) is 35.2. The lowest BCUT2D eigenvalue weighted by molar-refractivity contribution is -0.123. The second-order valence-corrected chi connectivity index (χ2v) is 24.7. The van der Waals surface area contributed by atoms with Gasteiger partial charge in [-0.25, -0.2) is 0 Å². The highest BCUT2D eigenvalue weighted by atomic mass is 16.3. The molecule has 0 aliphatic heterocycles. The van der Waals surface area contributed by atoms with E-state index in [1.807, 2.05) is 0 Å². The van der Waals surface area contributed by atoms with E-state index in [0.29, 0.717) is 12.8 Å². The Morgan fingerprint density at radius 3 is 0.608 bits per heavy atom. The number of amides is 1. The van der Waals surface area contributed by atoms with E-state index < -0.39 is 12.1 Å². The Kier molecular flexibility index (Phi) is 66.1. The molecule has 4 heteroatoms. The summed E-state index contributed by atoms with van der Waals surface area (Å²) in [7, 11) is 0. The molecule has 1 amide bonds. The summed E-state index contributed by atoms with van der Waals surface area (Å²) in [6, 6.07) is -0.533. The van der Waals surface area contributed by atoms with Crippen LogP contribution in [0.25, 0.3) is 0 Å². The number of hydrogen-bond acceptors (Lipinski definition) is 3. The second kappa shape index (κ2) is 66.7. The van der Waals surface area contributed by atoms with Gasteiger partial charge in [-0.1, -0.05) is 406 Å². The van der Waals surface area contributed by atoms with Gasteiger partial charge in [0.15, 0.2) is 0 Å². The molecule has 0 rings (SSSR count). The zero-order valence-corrected chi connectivity index (χ0v) is 51.4. The topological polar surface area (TPSA) is 69.6 Å². The smallest absolute Gasteiger partial charge is 0.220 e. The van der Waals surface area contributed by atoms with Crippen LogP contribution in [0.2, 0.25) is 0 Å². The molecule has 0 saturated carbocycles. The lowest BCUT2D eigenvalue weighted by Crippen LogP contribution is -2.45. The number of aliphatic hydroxyl groups excluding tert-OH is 2. The van der Waals surface area contributed by atoms with Crippen LogP contribution in [0.5, 0.6) is 0 Å². The van der Waals surface area contributed by atoms with Crippen LogP contribution in [0, 0.1) is 0 Å². The van der Waals surface area contributed by atoms with Crippen LogP contribution in [-0.2, 0) is 4.79 Å². The predicted molar refractivity (Wildman–Crippen MR) is 332 cm³/mol. The molecule has 0 aromatic carbocycles. The van der Waals surface area contributed by atoms with Crippen LogP contribution in [-0.4, -0.2) is 34.9 Å². The van der Waals surface area contributed by atoms with Gasteiger partial charge in [-0.15, -0.1) is 0 Å². The van der Waals surface area contributed by atoms with Gasteiger partial charge in [0.25, 0.3) is 0 Å². The predicted octanol–water partition coefficient (Wildman–Crippen LogP) is 23.8. The first-order valence-corrected chi connectivity index (χ1v) is 35.2. The van der Waals surface area contributed by atoms with Crippen molar-refractivity contribution >= 4 is 5.91 Å². The van der Waals surface area contributed by atoms with Crippen LogP contribution < -0.4 is 5.32 Å². The number of unbranched alkanes of at least 4 members (excludes halogenated alkanes) is 60. The molecule has 4 nitrogen and oxygen atoms in total. The number of nitrogens with one attached hydrogen (secondary N) is 1. The molecule has 0 heterocycles. The number of carbonyl (C=O) groups excluding carboxylic acids is 1. The molecule has 0 bridgehead atoms. The Bertz CT molecular complexity index is 1000. The molecule has 0 fully saturated rings. The molecule has 0 aromatic heterocycles. The van der Waals surface area contributed by atoms with Gasteiger partial charge in [0.1, 0.15) is 0 Å². The third-order valence-corrected chi connectivity index (χ3v) is 17.1. The zero-order valence-electron chi connectivity index (χ0n) is 51.4. The van der Waals surface area contributed by atoms with Crippen LogP contribution in [0.1, 0.15) is 425 Å². The summed E-state index contributed by atoms with van der Waals surface area (Å²) < 4.78 is 0. The maximum absolute atomic E-state index is 12.6. The molecule has 0 aliphatic carbocycles. The van der Waals surface area contributed by atoms with Gasteiger partial charge in [-0.05, 0) is 12.8 Å². The van der Waals surface area contributed by atoms with Crippen molar-refractivity contribution in [1.29, 1.82) is 0 Å². The van der Waals surface area contributed by atoms with Crippen molar-refractivity contribution in [2.24, 2.45) is 0 Å². The molecule has 2 atom stereocenters. The maximum atomic E-state index is 12.6. The van der Waals surface area contributed by atoms with Gasteiger partial charge in [0.05, 0.1) is 18.8 Å². The van der Waals surface area contributed by atoms with E-state index in [2.05, 4.69) is 19.2 Å². The minimum Gasteiger partial charge on any atom is -0.394 e. The van der Waals surface area contributed by atoms with E-state index in [1.54, 1.807) is 0 Å². The zero-order chi connectivity index (χ0) is 53.4. The summed E-state index contributed by atoms with van der Waals surface area (Å²) in [6.45, 7) is 4.42. The SMILES string of the molecule is CCCCCCCCCCCCCCCCCCCCCCCCCCCCCCCCCCCCCCC(=O)NC(CO)C(O)CCCCCCCCCCCCCCCCCCCCCCCCCCCC. The maximum Gasteiger partial charge on any atom is 0.220 e. The van der Waals surface area contributed by atoms with Gasteiger partial charge < -0.3 is 15.5 Å². The monoisotopic (exact) mass is 1040 g/mol. The lowest BCUT2D eigenvalue weighted by atomic mass is 10.0. The van der Waals surface area contributed by atoms with Gasteiger partial charge in [-0.2, -0.15) is 0 Å². The van der Waals surface area contributed by atoms with E-state index in [9.17, 15) is 15.0 Å². The number of aliphatic hydroxyl groups is 2. The minimum atomic E-state index is -0.656. The fourth-order valence-corrected chi connectivity index (χ4v) is 11.8. The standard InChI is InChI=1S/C70H141NO3/c1-3-5-7-9-11-13-15-17-19-21-23-25-27-29-31-32-33-34-35-36-37-38-39-40-42-44-46-48-50-52-54-56-58-60-62-64-66-70(74)71-68(67-72)69(73)65-63-61-59-57-55-53-51-49-47-45-43-41-30-28-26-24-22-20-18-16-14-12-10-8-6-4-2/h68-69,72-73H,3-67H2,1-2H3,(H,71,74). The molecular formula is C70H141NO3. The van der Waals surface area contributed by atoms with Crippen molar-refractivity contribution < 1.29 is 15.0 Å². The minimum absolute atomic E-state index is 0.0192. The van der Waals surface area contributed by atoms with Crippen LogP contribution in [0.3, 0.4) is 0 Å². The molecule has 74 heavy (non-hydrogen) atoms. The van der Waals surface area contributed by atoms with Gasteiger partial charge in [-0.3, -0.25) is 4.79 Å². The molecule has 0 radical (unpaired) electrons. The summed E-state index contributed by atoms with van der Waals surface area (Å²) in [6.07, 6.45) is 87.4. The summed E-state index contributed by atoms with van der Waals surface area (Å²) in [5.41, 5.74) is 0. The van der Waals surface area contributed by atoms with Gasteiger partial charge in [0, 0.05) is 6.42 Å². The van der Waals surface area contributed by atoms with E-state index >= 15 is 0 Å². The summed E-state index contributed by atoms with van der Waals surface area (Å²) in [5.74, 6) is -0.0192. The second-order valence-electron chi connectivity index (χ2n) is 24.7. The van der Waals surface area contributed by atoms with Crippen LogP contribution >= 0.6 is 0 Å². The highest BCUT2D eigenvalue weighted by Gasteiger charge is 2.20. The first kappa shape index (κ1) is 73.4. The van der Waals surface area contributed by atoms with Crippen molar-refractivity contribution in [1.82, 2.24) is 5.32 Å². The molecule has 444 valence electrons. The normalized spacial score (nSPS) is 12.5. The Hall–Kier alpha value is -0.610. The Balaban J connectivity index is 3.34. The highest BCUT2D eigenvalue weighted by Crippen LogP contribution is 2.20. The average molecular weight is 1040 g/mol. The fraction of sp³-hybridized carbons (Fsp3) is 0.986. The first-order chi connectivity index (χ1) is 36.7. The largest absolute Gasteiger partial charge is 0.394 e. The quantitative estimate of drug-likeness (QED) is 0.0532. The Morgan fingerprint density at radius 1 is 0.270 bits per heavy atom. The molecule has 0 aliphatic rings. The summed E-state index contributed by atoms with van der Waals surface area (Å²) >= 11 is 0. The molecular weight excluding hydrogens is 903 g/mol. The average Bonchev–Trinajstić information content (AvgIpc) is 3.40. The van der Waals surface area contributed by atoms with E-state index in [4.69, 9.17) is 0 Å². The van der Waals surface area contributed by atoms with Crippen molar-refractivity contribution in [3.63, 3.8) is 0 Å². The summed E-state index contributed by atoms with van der Waals surface area (Å²) in [4.78, 5) is 12.6. The number of rotatable bonds is 67. The van der Waals surface area contributed by atoms with Gasteiger partial charge >= 0.3 is 0 Å². The molecule has 2 unspecified atom stereocenters. The molecule has 3 N–H and O–H groups in total. The highest BCUT2D eigenvalue weighted by molar-refractivity contribution is 5.76. The molecule has 0 saturated heterocycles. The van der Waals surface area contributed by atoms with Crippen molar-refractivity contribution in [3.05, 3.63) is 0 Å². The number of carbonyl (C=O) groups is 1. The van der Waals surface area contributed by atoms with Gasteiger partial charge in [0.2, 0.25) is 5.91 Å². The summed E-state index contributed by atoms with van der Waals surface area (Å²) in [5, 5.41) is 23.5. The van der Waals surface area contributed by atoms with E-state index in [-0.39, 0.29) is 12.5 Å². The Labute approximate surface area is 467 Å².